The molecular formula is C12H14N2OS. The van der Waals surface area contributed by atoms with Crippen molar-refractivity contribution in [2.45, 2.75) is 19.4 Å². The molecule has 1 atom stereocenters. The number of thiophene rings is 1. The molecule has 3 N–H and O–H groups in total. The Bertz CT molecular complexity index is 504. The molecule has 1 aromatic carbocycles. The second-order valence-corrected chi connectivity index (χ2v) is 4.85. The van der Waals surface area contributed by atoms with Gasteiger partial charge in [-0.3, -0.25) is 4.79 Å². The average molecular weight is 234 g/mol. The van der Waals surface area contributed by atoms with Crippen LogP contribution in [0.4, 0.5) is 5.69 Å². The zero-order valence-corrected chi connectivity index (χ0v) is 9.88. The van der Waals surface area contributed by atoms with Gasteiger partial charge in [0, 0.05) is 22.8 Å². The number of benzene rings is 1. The van der Waals surface area contributed by atoms with Gasteiger partial charge in [-0.05, 0) is 42.0 Å². The molecule has 0 aliphatic heterocycles. The van der Waals surface area contributed by atoms with E-state index in [-0.39, 0.29) is 11.9 Å². The summed E-state index contributed by atoms with van der Waals surface area (Å²) in [5.41, 5.74) is 6.39. The highest BCUT2D eigenvalue weighted by molar-refractivity contribution is 7.17. The van der Waals surface area contributed by atoms with Gasteiger partial charge in [-0.15, -0.1) is 11.3 Å². The molecular weight excluding hydrogens is 220 g/mol. The minimum Gasteiger partial charge on any atom is -0.327 e. The van der Waals surface area contributed by atoms with E-state index in [1.165, 1.54) is 4.70 Å². The van der Waals surface area contributed by atoms with Crippen molar-refractivity contribution in [1.29, 1.82) is 0 Å². The lowest BCUT2D eigenvalue weighted by Crippen LogP contribution is -2.23. The number of carbonyl (C=O) groups is 1. The molecule has 0 saturated heterocycles. The van der Waals surface area contributed by atoms with Gasteiger partial charge >= 0.3 is 0 Å². The van der Waals surface area contributed by atoms with E-state index in [0.717, 1.165) is 11.1 Å². The number of fused-ring (bicyclic) bond motifs is 1. The molecule has 1 heterocycles. The number of hydrogen-bond acceptors (Lipinski definition) is 3. The van der Waals surface area contributed by atoms with Crippen molar-refractivity contribution >= 4 is 33.0 Å². The first-order valence-electron chi connectivity index (χ1n) is 5.18. The molecule has 0 fully saturated rings. The molecule has 0 spiro atoms. The van der Waals surface area contributed by atoms with Crippen LogP contribution in [-0.4, -0.2) is 11.9 Å². The van der Waals surface area contributed by atoms with Crippen LogP contribution in [0.25, 0.3) is 10.1 Å². The Labute approximate surface area is 98.3 Å². The molecule has 0 saturated carbocycles. The third kappa shape index (κ3) is 2.59. The third-order valence-electron chi connectivity index (χ3n) is 2.24. The lowest BCUT2D eigenvalue weighted by Gasteiger charge is -2.07. The van der Waals surface area contributed by atoms with Gasteiger partial charge < -0.3 is 11.1 Å². The Morgan fingerprint density at radius 3 is 3.06 bits per heavy atom. The van der Waals surface area contributed by atoms with Crippen LogP contribution in [0.5, 0.6) is 0 Å². The topological polar surface area (TPSA) is 55.1 Å². The van der Waals surface area contributed by atoms with Crippen molar-refractivity contribution in [2.75, 3.05) is 5.32 Å². The van der Waals surface area contributed by atoms with Crippen molar-refractivity contribution in [3.8, 4) is 0 Å². The molecule has 3 nitrogen and oxygen atoms in total. The minimum absolute atomic E-state index is 0.0374. The van der Waals surface area contributed by atoms with Crippen molar-refractivity contribution in [3.05, 3.63) is 29.6 Å². The highest BCUT2D eigenvalue weighted by Crippen LogP contribution is 2.23. The maximum absolute atomic E-state index is 11.5. The molecule has 2 rings (SSSR count). The first kappa shape index (κ1) is 11.1. The number of anilines is 1. The van der Waals surface area contributed by atoms with Gasteiger partial charge in [0.1, 0.15) is 0 Å². The molecule has 1 aromatic heterocycles. The molecule has 0 bridgehead atoms. The fraction of sp³-hybridized carbons (Fsp3) is 0.250. The van der Waals surface area contributed by atoms with Crippen LogP contribution < -0.4 is 11.1 Å². The maximum atomic E-state index is 11.5. The molecule has 1 unspecified atom stereocenters. The summed E-state index contributed by atoms with van der Waals surface area (Å²) in [7, 11) is 0. The predicted octanol–water partition coefficient (Wildman–Crippen LogP) is 2.58. The van der Waals surface area contributed by atoms with Crippen LogP contribution in [0.15, 0.2) is 29.6 Å². The Morgan fingerprint density at radius 2 is 2.31 bits per heavy atom. The summed E-state index contributed by atoms with van der Waals surface area (Å²) in [5.74, 6) is -0.0374. The van der Waals surface area contributed by atoms with Gasteiger partial charge in [0.2, 0.25) is 5.91 Å². The van der Waals surface area contributed by atoms with Gasteiger partial charge in [-0.1, -0.05) is 0 Å². The van der Waals surface area contributed by atoms with Crippen LogP contribution in [0, 0.1) is 0 Å². The fourth-order valence-corrected chi connectivity index (χ4v) is 2.32. The Balaban J connectivity index is 2.11. The van der Waals surface area contributed by atoms with E-state index in [1.54, 1.807) is 11.3 Å². The van der Waals surface area contributed by atoms with E-state index < -0.39 is 0 Å². The Kier molecular flexibility index (Phi) is 3.22. The van der Waals surface area contributed by atoms with Crippen LogP contribution in [0.1, 0.15) is 13.3 Å². The maximum Gasteiger partial charge on any atom is 0.225 e. The number of nitrogens with one attached hydrogen (secondary N) is 1. The lowest BCUT2D eigenvalue weighted by atomic mass is 10.2. The van der Waals surface area contributed by atoms with Gasteiger partial charge in [0.05, 0.1) is 0 Å². The Hall–Kier alpha value is -1.39. The summed E-state index contributed by atoms with van der Waals surface area (Å²) < 4.78 is 1.23. The number of rotatable bonds is 3. The summed E-state index contributed by atoms with van der Waals surface area (Å²) in [6.07, 6.45) is 0.349. The highest BCUT2D eigenvalue weighted by Gasteiger charge is 2.05. The van der Waals surface area contributed by atoms with Gasteiger partial charge in [0.25, 0.3) is 0 Å². The predicted molar refractivity (Wildman–Crippen MR) is 68.7 cm³/mol. The van der Waals surface area contributed by atoms with E-state index >= 15 is 0 Å². The summed E-state index contributed by atoms with van der Waals surface area (Å²) in [5, 5.41) is 6.04. The molecule has 4 heteroatoms. The molecule has 0 aliphatic carbocycles. The second-order valence-electron chi connectivity index (χ2n) is 3.90. The number of hydrogen-bond donors (Lipinski definition) is 2. The van der Waals surface area contributed by atoms with Gasteiger partial charge in [-0.25, -0.2) is 0 Å². The van der Waals surface area contributed by atoms with E-state index in [0.29, 0.717) is 6.42 Å². The normalized spacial score (nSPS) is 12.6. The summed E-state index contributed by atoms with van der Waals surface area (Å²) in [6.45, 7) is 1.82. The molecule has 0 aliphatic rings. The van der Waals surface area contributed by atoms with E-state index in [4.69, 9.17) is 5.73 Å². The average Bonchev–Trinajstić information content (AvgIpc) is 2.63. The molecule has 16 heavy (non-hydrogen) atoms. The van der Waals surface area contributed by atoms with Gasteiger partial charge in [0.15, 0.2) is 0 Å². The van der Waals surface area contributed by atoms with Gasteiger partial charge in [-0.2, -0.15) is 0 Å². The van der Waals surface area contributed by atoms with Crippen LogP contribution in [0.2, 0.25) is 0 Å². The summed E-state index contributed by atoms with van der Waals surface area (Å²) in [6, 6.07) is 7.84. The van der Waals surface area contributed by atoms with Crippen molar-refractivity contribution in [2.24, 2.45) is 5.73 Å². The zero-order valence-electron chi connectivity index (χ0n) is 9.07. The summed E-state index contributed by atoms with van der Waals surface area (Å²) in [4.78, 5) is 11.5. The standard InChI is InChI=1S/C12H14N2OS/c1-8(13)6-12(15)14-10-2-3-11-9(7-10)4-5-16-11/h2-5,7-8H,6,13H2,1H3,(H,14,15). The third-order valence-corrected chi connectivity index (χ3v) is 3.14. The molecule has 84 valence electrons. The second kappa shape index (κ2) is 4.63. The van der Waals surface area contributed by atoms with Crippen molar-refractivity contribution in [3.63, 3.8) is 0 Å². The molecule has 2 aromatic rings. The zero-order chi connectivity index (χ0) is 11.5. The Morgan fingerprint density at radius 1 is 1.50 bits per heavy atom. The largest absolute Gasteiger partial charge is 0.327 e. The van der Waals surface area contributed by atoms with E-state index in [1.807, 2.05) is 36.6 Å². The van der Waals surface area contributed by atoms with E-state index in [2.05, 4.69) is 5.32 Å². The minimum atomic E-state index is -0.107. The quantitative estimate of drug-likeness (QED) is 0.857. The number of amides is 1. The smallest absolute Gasteiger partial charge is 0.225 e. The first-order chi connectivity index (χ1) is 7.65. The van der Waals surface area contributed by atoms with Crippen LogP contribution in [-0.2, 0) is 4.79 Å². The van der Waals surface area contributed by atoms with Crippen LogP contribution >= 0.6 is 11.3 Å². The first-order valence-corrected chi connectivity index (χ1v) is 6.06. The number of nitrogens with two attached hydrogens (primary N) is 1. The van der Waals surface area contributed by atoms with Crippen molar-refractivity contribution in [1.82, 2.24) is 0 Å². The number of carbonyl (C=O) groups excluding carboxylic acids is 1. The summed E-state index contributed by atoms with van der Waals surface area (Å²) >= 11 is 1.69. The SMILES string of the molecule is CC(N)CC(=O)Nc1ccc2sccc2c1. The highest BCUT2D eigenvalue weighted by atomic mass is 32.1. The van der Waals surface area contributed by atoms with Crippen LogP contribution in [0.3, 0.4) is 0 Å². The van der Waals surface area contributed by atoms with Crippen molar-refractivity contribution < 1.29 is 4.79 Å². The lowest BCUT2D eigenvalue weighted by molar-refractivity contribution is -0.116. The molecule has 1 amide bonds. The fourth-order valence-electron chi connectivity index (χ4n) is 1.55. The monoisotopic (exact) mass is 234 g/mol. The van der Waals surface area contributed by atoms with E-state index in [9.17, 15) is 4.79 Å². The molecule has 0 radical (unpaired) electrons.